The third-order valence-electron chi connectivity index (χ3n) is 3.34. The van der Waals surface area contributed by atoms with Crippen LogP contribution in [-0.4, -0.2) is 58.2 Å². The lowest BCUT2D eigenvalue weighted by atomic mass is 9.90. The van der Waals surface area contributed by atoms with E-state index < -0.39 is 48.8 Å². The minimum absolute atomic E-state index is 0.240. The van der Waals surface area contributed by atoms with Gasteiger partial charge in [-0.1, -0.05) is 22.0 Å². The molecule has 0 aromatic carbocycles. The van der Waals surface area contributed by atoms with Gasteiger partial charge in [0.25, 0.3) is 5.91 Å². The Morgan fingerprint density at radius 3 is 2.60 bits per heavy atom. The first-order valence-corrected chi connectivity index (χ1v) is 6.87. The Morgan fingerprint density at radius 2 is 2.05 bits per heavy atom. The van der Waals surface area contributed by atoms with Crippen molar-refractivity contribution in [3.63, 3.8) is 0 Å². The minimum atomic E-state index is -1.32. The van der Waals surface area contributed by atoms with E-state index in [2.05, 4.69) is 21.2 Å². The van der Waals surface area contributed by atoms with Gasteiger partial charge in [-0.3, -0.25) is 14.9 Å². The molecule has 0 saturated carbocycles. The van der Waals surface area contributed by atoms with E-state index in [-0.39, 0.29) is 5.57 Å². The van der Waals surface area contributed by atoms with Crippen LogP contribution < -0.4 is 5.32 Å². The molecule has 4 N–H and O–H groups in total. The zero-order valence-corrected chi connectivity index (χ0v) is 11.9. The van der Waals surface area contributed by atoms with Crippen molar-refractivity contribution in [3.05, 3.63) is 22.7 Å². The normalized spacial score (nSPS) is 38.2. The van der Waals surface area contributed by atoms with Crippen LogP contribution in [0, 0.1) is 5.92 Å². The number of halogens is 1. The summed E-state index contributed by atoms with van der Waals surface area (Å²) in [6, 6.07) is 0. The second-order valence-corrected chi connectivity index (χ2v) is 5.09. The van der Waals surface area contributed by atoms with Gasteiger partial charge in [-0.2, -0.15) is 0 Å². The lowest BCUT2D eigenvalue weighted by Gasteiger charge is -2.25. The van der Waals surface area contributed by atoms with E-state index in [0.29, 0.717) is 0 Å². The molecule has 1 saturated heterocycles. The summed E-state index contributed by atoms with van der Waals surface area (Å²) in [5.41, 5.74) is 0.240. The molecule has 2 heterocycles. The molecular weight excluding hydrogens is 334 g/mol. The maximum Gasteiger partial charge on any atom is 0.257 e. The van der Waals surface area contributed by atoms with E-state index >= 15 is 0 Å². The average Bonchev–Trinajstić information content (AvgIpc) is 2.70. The fourth-order valence-corrected chi connectivity index (χ4v) is 2.57. The van der Waals surface area contributed by atoms with Crippen LogP contribution >= 0.6 is 15.9 Å². The molecule has 0 bridgehead atoms. The van der Waals surface area contributed by atoms with Gasteiger partial charge in [-0.15, -0.1) is 0 Å². The minimum Gasteiger partial charge on any atom is -0.394 e. The molecule has 5 atom stereocenters. The smallest absolute Gasteiger partial charge is 0.257 e. The van der Waals surface area contributed by atoms with Crippen molar-refractivity contribution in [2.75, 3.05) is 6.61 Å². The Balaban J connectivity index is 2.27. The van der Waals surface area contributed by atoms with E-state index in [1.165, 1.54) is 17.1 Å². The van der Waals surface area contributed by atoms with Crippen LogP contribution in [0.1, 0.15) is 0 Å². The number of hydrogen-bond acceptors (Lipinski definition) is 6. The Hall–Kier alpha value is -1.06. The number of amides is 2. The van der Waals surface area contributed by atoms with Crippen molar-refractivity contribution in [2.45, 2.75) is 24.4 Å². The zero-order valence-electron chi connectivity index (χ0n) is 10.3. The summed E-state index contributed by atoms with van der Waals surface area (Å²) >= 11 is 3.03. The SMILES string of the molecule is O=C1NC(=O)C([C@@H]2O[C@H](CO)C(O)[C@@H]2O)C=C1/C=C/Br. The number of rotatable bonds is 3. The number of ether oxygens (including phenoxy) is 1. The number of aliphatic hydroxyl groups excluding tert-OH is 3. The molecule has 2 rings (SSSR count). The zero-order chi connectivity index (χ0) is 14.9. The Bertz CT molecular complexity index is 477. The number of hydrogen-bond donors (Lipinski definition) is 4. The first kappa shape index (κ1) is 15.3. The molecule has 2 aliphatic heterocycles. The summed E-state index contributed by atoms with van der Waals surface area (Å²) in [4.78, 5) is 24.9. The topological polar surface area (TPSA) is 116 Å². The molecule has 0 aromatic heterocycles. The first-order chi connectivity index (χ1) is 9.49. The largest absolute Gasteiger partial charge is 0.394 e. The third kappa shape index (κ3) is 2.70. The molecule has 1 fully saturated rings. The number of carbonyl (C=O) groups is 2. The summed E-state index contributed by atoms with van der Waals surface area (Å²) in [5.74, 6) is -2.09. The van der Waals surface area contributed by atoms with Crippen molar-refractivity contribution in [1.82, 2.24) is 5.32 Å². The van der Waals surface area contributed by atoms with Crippen LogP contribution in [0.4, 0.5) is 0 Å². The second-order valence-electron chi connectivity index (χ2n) is 4.56. The average molecular weight is 348 g/mol. The molecule has 0 radical (unpaired) electrons. The summed E-state index contributed by atoms with van der Waals surface area (Å²) in [6.07, 6.45) is -1.74. The van der Waals surface area contributed by atoms with Gasteiger partial charge in [0.2, 0.25) is 5.91 Å². The van der Waals surface area contributed by atoms with Gasteiger partial charge in [-0.25, -0.2) is 0 Å². The van der Waals surface area contributed by atoms with Gasteiger partial charge in [0.05, 0.1) is 12.5 Å². The maximum absolute atomic E-state index is 11.8. The number of carbonyl (C=O) groups excluding carboxylic acids is 2. The first-order valence-electron chi connectivity index (χ1n) is 5.95. The number of imide groups is 1. The molecule has 110 valence electrons. The number of nitrogens with one attached hydrogen (secondary N) is 1. The molecule has 20 heavy (non-hydrogen) atoms. The highest BCUT2D eigenvalue weighted by molar-refractivity contribution is 9.11. The highest BCUT2D eigenvalue weighted by atomic mass is 79.9. The van der Waals surface area contributed by atoms with Crippen LogP contribution in [0.5, 0.6) is 0 Å². The van der Waals surface area contributed by atoms with Crippen LogP contribution in [0.15, 0.2) is 22.7 Å². The molecule has 2 unspecified atom stereocenters. The van der Waals surface area contributed by atoms with Crippen molar-refractivity contribution in [1.29, 1.82) is 0 Å². The van der Waals surface area contributed by atoms with Crippen LogP contribution in [0.25, 0.3) is 0 Å². The highest BCUT2D eigenvalue weighted by Gasteiger charge is 2.48. The molecule has 0 aliphatic carbocycles. The molecule has 0 spiro atoms. The fourth-order valence-electron chi connectivity index (χ4n) is 2.28. The summed E-state index contributed by atoms with van der Waals surface area (Å²) < 4.78 is 5.30. The molecule has 2 aliphatic rings. The highest BCUT2D eigenvalue weighted by Crippen LogP contribution is 2.29. The Morgan fingerprint density at radius 1 is 1.35 bits per heavy atom. The van der Waals surface area contributed by atoms with Crippen LogP contribution in [-0.2, 0) is 14.3 Å². The fraction of sp³-hybridized carbons (Fsp3) is 0.500. The second kappa shape index (κ2) is 6.15. The summed E-state index contributed by atoms with van der Waals surface area (Å²) in [7, 11) is 0. The van der Waals surface area contributed by atoms with Crippen molar-refractivity contribution in [2.24, 2.45) is 5.92 Å². The molecule has 8 heteroatoms. The maximum atomic E-state index is 11.8. The Labute approximate surface area is 123 Å². The number of aliphatic hydroxyl groups is 3. The van der Waals surface area contributed by atoms with E-state index in [4.69, 9.17) is 9.84 Å². The summed E-state index contributed by atoms with van der Waals surface area (Å²) in [6.45, 7) is -0.472. The predicted octanol–water partition coefficient (Wildman–Crippen LogP) is -1.42. The van der Waals surface area contributed by atoms with Gasteiger partial charge in [0, 0.05) is 5.57 Å². The predicted molar refractivity (Wildman–Crippen MR) is 70.6 cm³/mol. The standard InChI is InChI=1S/C12H14BrNO6/c13-2-1-5-3-6(12(19)14-11(5)18)10-9(17)8(16)7(4-15)20-10/h1-3,6-10,15-17H,4H2,(H,14,18,19)/b2-1+/t6?,7-,8?,9+,10+/m1/s1. The summed E-state index contributed by atoms with van der Waals surface area (Å²) in [5, 5.41) is 30.8. The Kier molecular flexibility index (Phi) is 4.71. The van der Waals surface area contributed by atoms with Gasteiger partial charge >= 0.3 is 0 Å². The van der Waals surface area contributed by atoms with E-state index in [9.17, 15) is 19.8 Å². The van der Waals surface area contributed by atoms with Crippen molar-refractivity contribution < 1.29 is 29.6 Å². The monoisotopic (exact) mass is 347 g/mol. The van der Waals surface area contributed by atoms with Crippen molar-refractivity contribution in [3.8, 4) is 0 Å². The molecule has 2 amide bonds. The van der Waals surface area contributed by atoms with Crippen molar-refractivity contribution >= 4 is 27.7 Å². The molecular formula is C12H14BrNO6. The van der Waals surface area contributed by atoms with Crippen LogP contribution in [0.3, 0.4) is 0 Å². The third-order valence-corrected chi connectivity index (χ3v) is 3.60. The molecule has 0 aromatic rings. The van der Waals surface area contributed by atoms with E-state index in [0.717, 1.165) is 0 Å². The van der Waals surface area contributed by atoms with Gasteiger partial charge < -0.3 is 20.1 Å². The van der Waals surface area contributed by atoms with Gasteiger partial charge in [0.15, 0.2) is 0 Å². The van der Waals surface area contributed by atoms with E-state index in [1.54, 1.807) is 0 Å². The van der Waals surface area contributed by atoms with Gasteiger partial charge in [0.1, 0.15) is 24.4 Å². The molecule has 7 nitrogen and oxygen atoms in total. The lowest BCUT2D eigenvalue weighted by Crippen LogP contribution is -2.47. The quantitative estimate of drug-likeness (QED) is 0.465. The lowest BCUT2D eigenvalue weighted by molar-refractivity contribution is -0.136. The van der Waals surface area contributed by atoms with E-state index in [1.807, 2.05) is 0 Å². The van der Waals surface area contributed by atoms with Crippen LogP contribution in [0.2, 0.25) is 0 Å². The van der Waals surface area contributed by atoms with Gasteiger partial charge in [-0.05, 0) is 11.1 Å².